The van der Waals surface area contributed by atoms with Crippen LogP contribution in [0.15, 0.2) is 200 Å². The molecule has 0 bridgehead atoms. The molecule has 11 aromatic rings. The number of aromatic nitrogens is 1. The van der Waals surface area contributed by atoms with Crippen LogP contribution in [0, 0.1) is 0 Å². The molecule has 1 spiro atoms. The van der Waals surface area contributed by atoms with Crippen molar-refractivity contribution in [2.24, 2.45) is 0 Å². The summed E-state index contributed by atoms with van der Waals surface area (Å²) in [5, 5.41) is 16.1. The van der Waals surface area contributed by atoms with Crippen molar-refractivity contribution >= 4 is 88.5 Å². The van der Waals surface area contributed by atoms with Crippen molar-refractivity contribution in [1.82, 2.24) is 4.40 Å². The van der Waals surface area contributed by atoms with Gasteiger partial charge in [-0.25, -0.2) is 0 Å². The number of benzene rings is 9. The molecular weight excluding hydrogens is 691 g/mol. The van der Waals surface area contributed by atoms with Crippen molar-refractivity contribution in [2.45, 2.75) is 0 Å². The minimum Gasteiger partial charge on any atom is -0.308 e. The van der Waals surface area contributed by atoms with E-state index in [4.69, 9.17) is 0 Å². The topological polar surface area (TPSA) is 4.41 Å². The Hall–Kier alpha value is -7.00. The lowest BCUT2D eigenvalue weighted by Gasteiger charge is -2.28. The van der Waals surface area contributed by atoms with Crippen molar-refractivity contribution in [3.63, 3.8) is 0 Å². The summed E-state index contributed by atoms with van der Waals surface area (Å²) in [6.45, 7) is 0. The van der Waals surface area contributed by atoms with Crippen LogP contribution >= 0.6 is 0 Å². The first-order valence-corrected chi connectivity index (χ1v) is 21.6. The summed E-state index contributed by atoms with van der Waals surface area (Å²) >= 11 is 0. The first kappa shape index (κ1) is 30.3. The second kappa shape index (κ2) is 11.0. The Labute approximate surface area is 325 Å². The quantitative estimate of drug-likeness (QED) is 0.149. The van der Waals surface area contributed by atoms with E-state index in [1.807, 2.05) is 0 Å². The van der Waals surface area contributed by atoms with Crippen molar-refractivity contribution in [2.75, 3.05) is 0 Å². The maximum atomic E-state index is 2.56. The average Bonchev–Trinajstić information content (AvgIpc) is 3.88. The molecule has 0 atom stereocenters. The van der Waals surface area contributed by atoms with E-state index in [9.17, 15) is 0 Å². The smallest absolute Gasteiger partial charge is 0.182 e. The number of hydrogen-bond donors (Lipinski definition) is 0. The van der Waals surface area contributed by atoms with Crippen molar-refractivity contribution < 1.29 is 0 Å². The maximum Gasteiger partial charge on any atom is 0.182 e. The van der Waals surface area contributed by atoms with Crippen LogP contribution in [0.25, 0.3) is 93.0 Å². The Bertz CT molecular complexity index is 3490. The summed E-state index contributed by atoms with van der Waals surface area (Å²) in [6.07, 6.45) is 0. The lowest BCUT2D eigenvalue weighted by atomic mass is 9.98. The molecule has 0 fully saturated rings. The number of para-hydroxylation sites is 2. The zero-order valence-electron chi connectivity index (χ0n) is 30.5. The third-order valence-electron chi connectivity index (χ3n) is 13.0. The van der Waals surface area contributed by atoms with Gasteiger partial charge < -0.3 is 4.40 Å². The van der Waals surface area contributed by atoms with Crippen LogP contribution in [-0.2, 0) is 0 Å². The van der Waals surface area contributed by atoms with Gasteiger partial charge in [0.05, 0.1) is 16.6 Å². The van der Waals surface area contributed by atoms with Crippen molar-refractivity contribution in [3.05, 3.63) is 200 Å². The van der Waals surface area contributed by atoms with Gasteiger partial charge in [0.25, 0.3) is 0 Å². The zero-order valence-corrected chi connectivity index (χ0v) is 31.5. The molecule has 13 rings (SSSR count). The monoisotopic (exact) mass is 723 g/mol. The van der Waals surface area contributed by atoms with E-state index in [-0.39, 0.29) is 0 Å². The zero-order chi connectivity index (χ0) is 36.5. The molecule has 0 amide bonds. The van der Waals surface area contributed by atoms with Crippen molar-refractivity contribution in [3.8, 4) is 33.4 Å². The van der Waals surface area contributed by atoms with Gasteiger partial charge in [-0.15, -0.1) is 0 Å². The highest BCUT2D eigenvalue weighted by Gasteiger charge is 2.53. The third-order valence-corrected chi connectivity index (χ3v) is 17.9. The van der Waals surface area contributed by atoms with Crippen molar-refractivity contribution in [1.29, 1.82) is 0 Å². The van der Waals surface area contributed by atoms with Gasteiger partial charge in [-0.3, -0.25) is 0 Å². The molecule has 2 aromatic heterocycles. The molecule has 2 aliphatic rings. The standard InChI is InChI=1S/C54H33NSi/c1-3-16-38-36(14-1)37-15-2-4-17-39(37)45-22-13-23-46-47-32-34(29-31-49(47)55(54(45)46)48-24-9-5-18-40(38)48)35-28-30-44-43-21-8-12-27-52(43)56(53(44)33-35)50-25-10-6-19-41(50)42-20-7-11-26-51(42)56/h1-33H. The van der Waals surface area contributed by atoms with Crippen LogP contribution in [0.4, 0.5) is 0 Å². The van der Waals surface area contributed by atoms with Crippen LogP contribution in [0.5, 0.6) is 0 Å². The Balaban J connectivity index is 1.13. The molecule has 0 unspecified atom stereocenters. The summed E-state index contributed by atoms with van der Waals surface area (Å²) in [6, 6.07) is 75.8. The summed E-state index contributed by atoms with van der Waals surface area (Å²) in [7, 11) is -2.54. The van der Waals surface area contributed by atoms with Gasteiger partial charge in [-0.1, -0.05) is 182 Å². The molecule has 0 aliphatic carbocycles. The van der Waals surface area contributed by atoms with Crippen LogP contribution in [0.1, 0.15) is 0 Å². The largest absolute Gasteiger partial charge is 0.308 e. The molecule has 0 radical (unpaired) electrons. The van der Waals surface area contributed by atoms with Crippen LogP contribution in [-0.4, -0.2) is 12.5 Å². The highest BCUT2D eigenvalue weighted by molar-refractivity contribution is 7.24. The normalized spacial score (nSPS) is 13.5. The van der Waals surface area contributed by atoms with Gasteiger partial charge >= 0.3 is 0 Å². The lowest BCUT2D eigenvalue weighted by molar-refractivity contribution is 1.35. The SMILES string of the molecule is c1ccc2c(c1)-c1ccccc1[Si]21c2ccccc2-c2ccc(-c3ccc4c(c3)c3cccc5c6ccccc6c6ccccc6c6ccccc6n4c53)cc21. The Kier molecular flexibility index (Phi) is 5.98. The second-order valence-corrected chi connectivity index (χ2v) is 19.2. The molecule has 1 nitrogen and oxygen atoms in total. The van der Waals surface area contributed by atoms with E-state index >= 15 is 0 Å². The molecule has 0 saturated carbocycles. The predicted octanol–water partition coefficient (Wildman–Crippen LogP) is 11.3. The van der Waals surface area contributed by atoms with Gasteiger partial charge in [-0.2, -0.15) is 0 Å². The molecule has 9 aromatic carbocycles. The van der Waals surface area contributed by atoms with Gasteiger partial charge in [-0.05, 0) is 93.9 Å². The minimum absolute atomic E-state index is 1.20. The highest BCUT2D eigenvalue weighted by Crippen LogP contribution is 2.41. The van der Waals surface area contributed by atoms with E-state index in [0.717, 1.165) is 0 Å². The predicted molar refractivity (Wildman–Crippen MR) is 241 cm³/mol. The van der Waals surface area contributed by atoms with Gasteiger partial charge in [0.2, 0.25) is 0 Å². The average molecular weight is 724 g/mol. The molecule has 0 saturated heterocycles. The van der Waals surface area contributed by atoms with E-state index in [1.54, 1.807) is 0 Å². The maximum absolute atomic E-state index is 2.56. The number of rotatable bonds is 1. The highest BCUT2D eigenvalue weighted by atomic mass is 28.3. The molecule has 56 heavy (non-hydrogen) atoms. The Morgan fingerprint density at radius 2 is 0.679 bits per heavy atom. The first-order chi connectivity index (χ1) is 27.8. The summed E-state index contributed by atoms with van der Waals surface area (Å²) in [5.41, 5.74) is 11.8. The fourth-order valence-corrected chi connectivity index (χ4v) is 16.4. The summed E-state index contributed by atoms with van der Waals surface area (Å²) in [4.78, 5) is 0. The lowest BCUT2D eigenvalue weighted by Crippen LogP contribution is -2.70. The van der Waals surface area contributed by atoms with Crippen LogP contribution < -0.4 is 20.7 Å². The van der Waals surface area contributed by atoms with E-state index < -0.39 is 8.07 Å². The molecule has 258 valence electrons. The van der Waals surface area contributed by atoms with E-state index in [0.29, 0.717) is 0 Å². The van der Waals surface area contributed by atoms with Gasteiger partial charge in [0, 0.05) is 21.5 Å². The summed E-state index contributed by atoms with van der Waals surface area (Å²) < 4.78 is 2.53. The van der Waals surface area contributed by atoms with Gasteiger partial charge in [0.15, 0.2) is 8.07 Å². The second-order valence-electron chi connectivity index (χ2n) is 15.5. The molecule has 0 N–H and O–H groups in total. The Morgan fingerprint density at radius 1 is 0.268 bits per heavy atom. The fraction of sp³-hybridized carbons (Fsp3) is 0. The van der Waals surface area contributed by atoms with Crippen LogP contribution in [0.3, 0.4) is 0 Å². The van der Waals surface area contributed by atoms with Crippen LogP contribution in [0.2, 0.25) is 0 Å². The molecular formula is C54H33NSi. The number of hydrogen-bond acceptors (Lipinski definition) is 0. The fourth-order valence-electron chi connectivity index (χ4n) is 10.8. The molecule has 2 heteroatoms. The van der Waals surface area contributed by atoms with E-state index in [2.05, 4.69) is 205 Å². The first-order valence-electron chi connectivity index (χ1n) is 19.6. The third kappa shape index (κ3) is 3.74. The number of fused-ring (bicyclic) bond motifs is 20. The number of nitrogens with zero attached hydrogens (tertiary/aromatic N) is 1. The minimum atomic E-state index is -2.54. The summed E-state index contributed by atoms with van der Waals surface area (Å²) in [5.74, 6) is 0. The Morgan fingerprint density at radius 3 is 1.30 bits per heavy atom. The molecule has 2 aliphatic heterocycles. The van der Waals surface area contributed by atoms with Gasteiger partial charge in [0.1, 0.15) is 0 Å². The molecule has 4 heterocycles. The van der Waals surface area contributed by atoms with E-state index in [1.165, 1.54) is 114 Å².